The van der Waals surface area contributed by atoms with E-state index in [4.69, 9.17) is 4.74 Å². The number of benzene rings is 1. The van der Waals surface area contributed by atoms with Crippen molar-refractivity contribution in [3.05, 3.63) is 66.0 Å². The molecular formula is C20H24ClN3O4. The summed E-state index contributed by atoms with van der Waals surface area (Å²) in [5.74, 6) is -0.182. The molecule has 1 fully saturated rings. The molecule has 0 unspecified atom stereocenters. The predicted molar refractivity (Wildman–Crippen MR) is 106 cm³/mol. The molecule has 7 nitrogen and oxygen atoms in total. The van der Waals surface area contributed by atoms with E-state index in [-0.39, 0.29) is 24.9 Å². The molecule has 2 amide bonds. The number of nitrogens with zero attached hydrogens (tertiary/aromatic N) is 3. The van der Waals surface area contributed by atoms with Gasteiger partial charge >= 0.3 is 6.09 Å². The zero-order valence-corrected chi connectivity index (χ0v) is 16.3. The molecule has 150 valence electrons. The van der Waals surface area contributed by atoms with Crippen molar-refractivity contribution < 1.29 is 19.4 Å². The Bertz CT molecular complexity index is 755. The van der Waals surface area contributed by atoms with E-state index in [1.54, 1.807) is 29.4 Å². The summed E-state index contributed by atoms with van der Waals surface area (Å²) >= 11 is 0. The van der Waals surface area contributed by atoms with Crippen LogP contribution >= 0.6 is 12.4 Å². The van der Waals surface area contributed by atoms with Gasteiger partial charge < -0.3 is 14.7 Å². The second-order valence-corrected chi connectivity index (χ2v) is 6.41. The lowest BCUT2D eigenvalue weighted by Gasteiger charge is -2.35. The minimum absolute atomic E-state index is 0. The molecule has 1 saturated heterocycles. The molecular weight excluding hydrogens is 382 g/mol. The van der Waals surface area contributed by atoms with Crippen LogP contribution in [0.3, 0.4) is 0 Å². The largest absolute Gasteiger partial charge is 0.465 e. The third kappa shape index (κ3) is 5.68. The van der Waals surface area contributed by atoms with Crippen LogP contribution in [0.2, 0.25) is 0 Å². The summed E-state index contributed by atoms with van der Waals surface area (Å²) < 4.78 is 5.32. The summed E-state index contributed by atoms with van der Waals surface area (Å²) in [5, 5.41) is 9.85. The highest BCUT2D eigenvalue weighted by Gasteiger charge is 2.33. The summed E-state index contributed by atoms with van der Waals surface area (Å²) in [6.45, 7) is 2.04. The molecule has 0 spiro atoms. The van der Waals surface area contributed by atoms with Crippen molar-refractivity contribution >= 4 is 24.4 Å². The van der Waals surface area contributed by atoms with Gasteiger partial charge in [0.25, 0.3) is 0 Å². The zero-order valence-electron chi connectivity index (χ0n) is 15.4. The maximum atomic E-state index is 13.2. The highest BCUT2D eigenvalue weighted by molar-refractivity contribution is 5.86. The van der Waals surface area contributed by atoms with Crippen LogP contribution in [0.5, 0.6) is 0 Å². The van der Waals surface area contributed by atoms with E-state index in [2.05, 4.69) is 4.98 Å². The Morgan fingerprint density at radius 2 is 1.71 bits per heavy atom. The van der Waals surface area contributed by atoms with E-state index in [9.17, 15) is 14.7 Å². The first-order valence-corrected chi connectivity index (χ1v) is 8.94. The number of ether oxygens (including phenoxy) is 1. The Hall–Kier alpha value is -2.64. The normalized spacial score (nSPS) is 14.6. The Kier molecular flexibility index (Phi) is 8.22. The first-order chi connectivity index (χ1) is 13.1. The van der Waals surface area contributed by atoms with Crippen molar-refractivity contribution in [3.63, 3.8) is 0 Å². The minimum atomic E-state index is -1.12. The van der Waals surface area contributed by atoms with Crippen molar-refractivity contribution in [2.45, 2.75) is 19.0 Å². The van der Waals surface area contributed by atoms with Crippen LogP contribution in [-0.2, 0) is 22.5 Å². The average Bonchev–Trinajstić information content (AvgIpc) is 2.72. The average molecular weight is 406 g/mol. The SMILES string of the molecule is Cl.O=C([C@H](Cc1ccccc1)N(Cc1ccncc1)C(=O)O)N1CCOCC1. The van der Waals surface area contributed by atoms with Crippen molar-refractivity contribution in [2.24, 2.45) is 0 Å². The van der Waals surface area contributed by atoms with Gasteiger partial charge in [0, 0.05) is 38.4 Å². The van der Waals surface area contributed by atoms with Gasteiger partial charge in [-0.2, -0.15) is 0 Å². The first kappa shape index (κ1) is 21.7. The van der Waals surface area contributed by atoms with Crippen molar-refractivity contribution in [1.82, 2.24) is 14.8 Å². The number of rotatable bonds is 6. The van der Waals surface area contributed by atoms with Crippen molar-refractivity contribution in [1.29, 1.82) is 0 Å². The Balaban J connectivity index is 0.00000280. The second-order valence-electron chi connectivity index (χ2n) is 6.41. The van der Waals surface area contributed by atoms with Gasteiger partial charge in [-0.05, 0) is 23.3 Å². The van der Waals surface area contributed by atoms with Gasteiger partial charge in [-0.1, -0.05) is 30.3 Å². The van der Waals surface area contributed by atoms with Gasteiger partial charge in [0.1, 0.15) is 6.04 Å². The van der Waals surface area contributed by atoms with Crippen LogP contribution in [-0.4, -0.2) is 64.2 Å². The Morgan fingerprint density at radius 3 is 2.32 bits per heavy atom. The molecule has 1 N–H and O–H groups in total. The maximum Gasteiger partial charge on any atom is 0.408 e. The van der Waals surface area contributed by atoms with Crippen molar-refractivity contribution in [3.8, 4) is 0 Å². The van der Waals surface area contributed by atoms with Gasteiger partial charge in [-0.25, -0.2) is 4.79 Å². The molecule has 3 rings (SSSR count). The van der Waals surface area contributed by atoms with E-state index < -0.39 is 12.1 Å². The summed E-state index contributed by atoms with van der Waals surface area (Å²) in [5.41, 5.74) is 1.71. The lowest BCUT2D eigenvalue weighted by Crippen LogP contribution is -2.53. The quantitative estimate of drug-likeness (QED) is 0.798. The van der Waals surface area contributed by atoms with E-state index in [0.29, 0.717) is 32.7 Å². The molecule has 1 atom stereocenters. The van der Waals surface area contributed by atoms with Gasteiger partial charge in [0.2, 0.25) is 5.91 Å². The molecule has 8 heteroatoms. The molecule has 0 bridgehead atoms. The summed E-state index contributed by atoms with van der Waals surface area (Å²) in [7, 11) is 0. The number of carbonyl (C=O) groups excluding carboxylic acids is 1. The smallest absolute Gasteiger partial charge is 0.408 e. The Labute approximate surface area is 170 Å². The van der Waals surface area contributed by atoms with E-state index in [1.807, 2.05) is 30.3 Å². The first-order valence-electron chi connectivity index (χ1n) is 8.94. The number of carboxylic acid groups (broad SMARTS) is 1. The molecule has 2 heterocycles. The highest BCUT2D eigenvalue weighted by Crippen LogP contribution is 2.17. The molecule has 2 aromatic rings. The molecule has 0 saturated carbocycles. The number of carbonyl (C=O) groups is 2. The molecule has 0 radical (unpaired) electrons. The van der Waals surface area contributed by atoms with Crippen molar-refractivity contribution in [2.75, 3.05) is 26.3 Å². The molecule has 1 aromatic heterocycles. The number of amides is 2. The molecule has 1 aliphatic rings. The fraction of sp³-hybridized carbons (Fsp3) is 0.350. The summed E-state index contributed by atoms with van der Waals surface area (Å²) in [6.07, 6.45) is 2.44. The molecule has 1 aliphatic heterocycles. The van der Waals surface area contributed by atoms with Crippen LogP contribution in [0.15, 0.2) is 54.9 Å². The highest BCUT2D eigenvalue weighted by atomic mass is 35.5. The number of halogens is 1. The van der Waals surface area contributed by atoms with E-state index in [1.165, 1.54) is 4.90 Å². The van der Waals surface area contributed by atoms with Crippen LogP contribution in [0.4, 0.5) is 4.79 Å². The molecule has 1 aromatic carbocycles. The van der Waals surface area contributed by atoms with Gasteiger partial charge in [-0.3, -0.25) is 14.7 Å². The second kappa shape index (κ2) is 10.6. The number of hydrogen-bond donors (Lipinski definition) is 1. The van der Waals surface area contributed by atoms with Crippen LogP contribution in [0.1, 0.15) is 11.1 Å². The lowest BCUT2D eigenvalue weighted by atomic mass is 10.0. The fourth-order valence-corrected chi connectivity index (χ4v) is 3.16. The van der Waals surface area contributed by atoms with Crippen LogP contribution < -0.4 is 0 Å². The van der Waals surface area contributed by atoms with Gasteiger partial charge in [-0.15, -0.1) is 12.4 Å². The number of hydrogen-bond acceptors (Lipinski definition) is 4. The predicted octanol–water partition coefficient (Wildman–Crippen LogP) is 2.45. The minimum Gasteiger partial charge on any atom is -0.465 e. The van der Waals surface area contributed by atoms with Crippen LogP contribution in [0.25, 0.3) is 0 Å². The number of morpholine rings is 1. The van der Waals surface area contributed by atoms with E-state index >= 15 is 0 Å². The zero-order chi connectivity index (χ0) is 19.1. The van der Waals surface area contributed by atoms with Gasteiger partial charge in [0.05, 0.1) is 13.2 Å². The van der Waals surface area contributed by atoms with E-state index in [0.717, 1.165) is 11.1 Å². The monoisotopic (exact) mass is 405 g/mol. The number of aromatic nitrogens is 1. The lowest BCUT2D eigenvalue weighted by molar-refractivity contribution is -0.140. The Morgan fingerprint density at radius 1 is 1.07 bits per heavy atom. The molecule has 0 aliphatic carbocycles. The number of pyridine rings is 1. The van der Waals surface area contributed by atoms with Crippen LogP contribution in [0, 0.1) is 0 Å². The molecule has 28 heavy (non-hydrogen) atoms. The summed E-state index contributed by atoms with van der Waals surface area (Å²) in [4.78, 5) is 32.1. The third-order valence-corrected chi connectivity index (χ3v) is 4.60. The van der Waals surface area contributed by atoms with Gasteiger partial charge in [0.15, 0.2) is 0 Å². The maximum absolute atomic E-state index is 13.2. The fourth-order valence-electron chi connectivity index (χ4n) is 3.16. The standard InChI is InChI=1S/C20H23N3O4.ClH/c24-19(22-10-12-27-13-11-22)18(14-16-4-2-1-3-5-16)23(20(25)26)15-17-6-8-21-9-7-17;/h1-9,18H,10-15H2,(H,25,26);1H/t18-;/m0./s1. The topological polar surface area (TPSA) is 83.0 Å². The summed E-state index contributed by atoms with van der Waals surface area (Å²) in [6, 6.07) is 12.2. The third-order valence-electron chi connectivity index (χ3n) is 4.60.